The zero-order chi connectivity index (χ0) is 15.4. The number of nitrogens with zero attached hydrogens (tertiary/aromatic N) is 3. The van der Waals surface area contributed by atoms with Crippen molar-refractivity contribution in [3.05, 3.63) is 18.4 Å². The number of esters is 1. The van der Waals surface area contributed by atoms with E-state index in [2.05, 4.69) is 24.0 Å². The first-order chi connectivity index (χ1) is 10.0. The number of hydrogen-bond acceptors (Lipinski definition) is 6. The maximum Gasteiger partial charge on any atom is 0.318 e. The average molecular weight is 309 g/mol. The standard InChI is InChI=1S/C14H19N3O3S/c1-9(2)8-17-12(11-6-5-7-20-11)15-16-14(17)21-10(3)13(18)19-4/h5-7,9-10H,8H2,1-4H3. The van der Waals surface area contributed by atoms with Crippen LogP contribution in [0.3, 0.4) is 0 Å². The Morgan fingerprint density at radius 2 is 2.19 bits per heavy atom. The molecule has 114 valence electrons. The van der Waals surface area contributed by atoms with Crippen LogP contribution in [-0.4, -0.2) is 33.1 Å². The van der Waals surface area contributed by atoms with Crippen LogP contribution >= 0.6 is 11.8 Å². The van der Waals surface area contributed by atoms with Crippen molar-refractivity contribution in [2.75, 3.05) is 7.11 Å². The second-order valence-corrected chi connectivity index (χ2v) is 6.38. The molecule has 2 aromatic heterocycles. The van der Waals surface area contributed by atoms with E-state index in [4.69, 9.17) is 9.15 Å². The van der Waals surface area contributed by atoms with Crippen molar-refractivity contribution in [2.24, 2.45) is 5.92 Å². The fourth-order valence-corrected chi connectivity index (χ4v) is 2.75. The van der Waals surface area contributed by atoms with Gasteiger partial charge in [-0.3, -0.25) is 9.36 Å². The Bertz CT molecular complexity index is 593. The summed E-state index contributed by atoms with van der Waals surface area (Å²) in [6, 6.07) is 3.66. The minimum Gasteiger partial charge on any atom is -0.468 e. The van der Waals surface area contributed by atoms with E-state index in [-0.39, 0.29) is 11.2 Å². The normalized spacial score (nSPS) is 12.6. The number of methoxy groups -OCH3 is 1. The number of thioether (sulfide) groups is 1. The van der Waals surface area contributed by atoms with Gasteiger partial charge in [0.05, 0.1) is 13.4 Å². The number of carbonyl (C=O) groups is 1. The van der Waals surface area contributed by atoms with Gasteiger partial charge in [-0.2, -0.15) is 0 Å². The summed E-state index contributed by atoms with van der Waals surface area (Å²) in [7, 11) is 1.38. The maximum atomic E-state index is 11.6. The van der Waals surface area contributed by atoms with Crippen molar-refractivity contribution in [3.63, 3.8) is 0 Å². The molecule has 2 rings (SSSR count). The van der Waals surface area contributed by atoms with Gasteiger partial charge < -0.3 is 9.15 Å². The number of carbonyl (C=O) groups excluding carboxylic acids is 1. The number of rotatable bonds is 6. The van der Waals surface area contributed by atoms with Crippen molar-refractivity contribution in [1.29, 1.82) is 0 Å². The first-order valence-electron chi connectivity index (χ1n) is 6.74. The van der Waals surface area contributed by atoms with E-state index in [1.165, 1.54) is 18.9 Å². The monoisotopic (exact) mass is 309 g/mol. The summed E-state index contributed by atoms with van der Waals surface area (Å²) >= 11 is 1.34. The molecule has 1 atom stereocenters. The van der Waals surface area contributed by atoms with E-state index in [9.17, 15) is 4.79 Å². The first-order valence-corrected chi connectivity index (χ1v) is 7.62. The fourth-order valence-electron chi connectivity index (χ4n) is 1.87. The van der Waals surface area contributed by atoms with E-state index in [0.717, 1.165) is 6.54 Å². The van der Waals surface area contributed by atoms with Gasteiger partial charge in [0.15, 0.2) is 16.7 Å². The predicted octanol–water partition coefficient (Wildman–Crippen LogP) is 2.85. The molecule has 2 heterocycles. The third-order valence-corrected chi connectivity index (χ3v) is 3.88. The minimum absolute atomic E-state index is 0.279. The van der Waals surface area contributed by atoms with Crippen LogP contribution in [0.4, 0.5) is 0 Å². The largest absolute Gasteiger partial charge is 0.468 e. The summed E-state index contributed by atoms with van der Waals surface area (Å²) < 4.78 is 12.1. The molecule has 21 heavy (non-hydrogen) atoms. The Kier molecular flexibility index (Phi) is 5.06. The molecule has 0 aromatic carbocycles. The summed E-state index contributed by atoms with van der Waals surface area (Å²) in [5.74, 6) is 1.48. The Morgan fingerprint density at radius 1 is 1.43 bits per heavy atom. The van der Waals surface area contributed by atoms with Gasteiger partial charge in [-0.15, -0.1) is 10.2 Å². The van der Waals surface area contributed by atoms with E-state index in [1.54, 1.807) is 13.2 Å². The number of ether oxygens (including phenoxy) is 1. The smallest absolute Gasteiger partial charge is 0.318 e. The molecule has 1 unspecified atom stereocenters. The SMILES string of the molecule is COC(=O)C(C)Sc1nnc(-c2ccco2)n1CC(C)C. The van der Waals surface area contributed by atoms with Crippen LogP contribution in [0.2, 0.25) is 0 Å². The third-order valence-electron chi connectivity index (χ3n) is 2.82. The summed E-state index contributed by atoms with van der Waals surface area (Å²) in [6.07, 6.45) is 1.60. The number of aromatic nitrogens is 3. The van der Waals surface area contributed by atoms with Crippen LogP contribution in [0.15, 0.2) is 28.0 Å². The highest BCUT2D eigenvalue weighted by Gasteiger charge is 2.22. The number of hydrogen-bond donors (Lipinski definition) is 0. The fraction of sp³-hybridized carbons (Fsp3) is 0.500. The highest BCUT2D eigenvalue weighted by molar-refractivity contribution is 8.00. The van der Waals surface area contributed by atoms with Crippen LogP contribution < -0.4 is 0 Å². The van der Waals surface area contributed by atoms with Gasteiger partial charge in [0.2, 0.25) is 0 Å². The molecule has 0 N–H and O–H groups in total. The molecule has 0 amide bonds. The topological polar surface area (TPSA) is 70.2 Å². The molecular weight excluding hydrogens is 290 g/mol. The molecule has 0 fully saturated rings. The van der Waals surface area contributed by atoms with Gasteiger partial charge in [-0.05, 0) is 25.0 Å². The van der Waals surface area contributed by atoms with E-state index < -0.39 is 0 Å². The second kappa shape index (κ2) is 6.80. The van der Waals surface area contributed by atoms with Crippen molar-refractivity contribution < 1.29 is 13.9 Å². The molecule has 0 spiro atoms. The lowest BCUT2D eigenvalue weighted by Gasteiger charge is -2.13. The lowest BCUT2D eigenvalue weighted by molar-refractivity contribution is -0.139. The van der Waals surface area contributed by atoms with Crippen LogP contribution in [0.5, 0.6) is 0 Å². The quantitative estimate of drug-likeness (QED) is 0.603. The highest BCUT2D eigenvalue weighted by Crippen LogP contribution is 2.28. The van der Waals surface area contributed by atoms with Crippen LogP contribution in [0.25, 0.3) is 11.6 Å². The molecule has 7 heteroatoms. The Morgan fingerprint density at radius 3 is 2.76 bits per heavy atom. The van der Waals surface area contributed by atoms with Gasteiger partial charge >= 0.3 is 5.97 Å². The van der Waals surface area contributed by atoms with Gasteiger partial charge in [-0.1, -0.05) is 25.6 Å². The number of furan rings is 1. The minimum atomic E-state index is -0.338. The lowest BCUT2D eigenvalue weighted by atomic mass is 10.2. The van der Waals surface area contributed by atoms with Gasteiger partial charge in [-0.25, -0.2) is 0 Å². The first kappa shape index (κ1) is 15.6. The highest BCUT2D eigenvalue weighted by atomic mass is 32.2. The van der Waals surface area contributed by atoms with Crippen molar-refractivity contribution >= 4 is 17.7 Å². The summed E-state index contributed by atoms with van der Waals surface area (Å²) in [5, 5.41) is 8.74. The summed E-state index contributed by atoms with van der Waals surface area (Å²) in [6.45, 7) is 6.77. The van der Waals surface area contributed by atoms with Gasteiger partial charge in [0.1, 0.15) is 5.25 Å². The molecule has 0 radical (unpaired) electrons. The molecule has 0 aliphatic heterocycles. The van der Waals surface area contributed by atoms with Crippen LogP contribution in [0, 0.1) is 5.92 Å². The molecule has 2 aromatic rings. The van der Waals surface area contributed by atoms with E-state index >= 15 is 0 Å². The zero-order valence-corrected chi connectivity index (χ0v) is 13.4. The summed E-state index contributed by atoms with van der Waals surface area (Å²) in [5.41, 5.74) is 0. The molecule has 0 aliphatic carbocycles. The Hall–Kier alpha value is -1.76. The van der Waals surface area contributed by atoms with Crippen LogP contribution in [0.1, 0.15) is 20.8 Å². The molecular formula is C14H19N3O3S. The Labute approximate surface area is 127 Å². The molecule has 0 saturated heterocycles. The average Bonchev–Trinajstić information content (AvgIpc) is 3.08. The van der Waals surface area contributed by atoms with Crippen LogP contribution in [-0.2, 0) is 16.1 Å². The van der Waals surface area contributed by atoms with E-state index in [1.807, 2.05) is 16.7 Å². The van der Waals surface area contributed by atoms with Gasteiger partial charge in [0, 0.05) is 6.54 Å². The van der Waals surface area contributed by atoms with Crippen molar-refractivity contribution in [2.45, 2.75) is 37.7 Å². The second-order valence-electron chi connectivity index (χ2n) is 5.07. The molecule has 0 bridgehead atoms. The molecule has 0 aliphatic rings. The molecule has 6 nitrogen and oxygen atoms in total. The zero-order valence-electron chi connectivity index (χ0n) is 12.6. The lowest BCUT2D eigenvalue weighted by Crippen LogP contribution is -2.16. The van der Waals surface area contributed by atoms with Crippen molar-refractivity contribution in [1.82, 2.24) is 14.8 Å². The van der Waals surface area contributed by atoms with Crippen molar-refractivity contribution in [3.8, 4) is 11.6 Å². The third kappa shape index (κ3) is 3.66. The predicted molar refractivity (Wildman–Crippen MR) is 79.9 cm³/mol. The maximum absolute atomic E-state index is 11.6. The molecule has 0 saturated carbocycles. The van der Waals surface area contributed by atoms with E-state index in [0.29, 0.717) is 22.7 Å². The van der Waals surface area contributed by atoms with Gasteiger partial charge in [0.25, 0.3) is 0 Å². The Balaban J connectivity index is 2.31. The summed E-state index contributed by atoms with van der Waals surface area (Å²) in [4.78, 5) is 11.6.